The normalized spacial score (nSPS) is 16.5. The lowest BCUT2D eigenvalue weighted by Gasteiger charge is -2.25. The molecule has 0 bridgehead atoms. The Morgan fingerprint density at radius 3 is 2.36 bits per heavy atom. The standard InChI is InChI=1S/C36H36N4O4S/c1-23(2)26-13-15-27(16-14-26)33-32(34(42)38-28-9-5-4-6-10-28)24(3)37-36-40(33)35(43)30(45-36)21-25-11-17-29(18-12-25)44-22-31(41)39-19-7-8-20-39/h4-6,9-18,21,23,33H,7-8,19-20,22H2,1-3H3,(H,38,42)/b30-21+/t33-/m1/s1. The molecule has 2 aliphatic rings. The lowest BCUT2D eigenvalue weighted by molar-refractivity contribution is -0.132. The maximum atomic E-state index is 14.0. The van der Waals surface area contributed by atoms with Crippen LogP contribution in [0.5, 0.6) is 5.75 Å². The highest BCUT2D eigenvalue weighted by molar-refractivity contribution is 7.07. The summed E-state index contributed by atoms with van der Waals surface area (Å²) < 4.78 is 7.86. The number of likely N-dealkylation sites (tertiary alicyclic amines) is 1. The molecule has 6 rings (SSSR count). The minimum Gasteiger partial charge on any atom is -0.484 e. The maximum absolute atomic E-state index is 14.0. The Bertz CT molecular complexity index is 1920. The molecule has 2 amide bonds. The first-order chi connectivity index (χ1) is 21.8. The van der Waals surface area contributed by atoms with E-state index in [2.05, 4.69) is 31.3 Å². The Labute approximate surface area is 266 Å². The van der Waals surface area contributed by atoms with Crippen molar-refractivity contribution in [1.29, 1.82) is 0 Å². The van der Waals surface area contributed by atoms with Crippen LogP contribution in [0, 0.1) is 0 Å². The molecule has 3 heterocycles. The van der Waals surface area contributed by atoms with Gasteiger partial charge in [-0.05, 0) is 72.7 Å². The summed E-state index contributed by atoms with van der Waals surface area (Å²) in [6, 6.07) is 24.1. The Kier molecular flexibility index (Phi) is 8.80. The van der Waals surface area contributed by atoms with Gasteiger partial charge >= 0.3 is 0 Å². The summed E-state index contributed by atoms with van der Waals surface area (Å²) in [5, 5.41) is 2.99. The number of hydrogen-bond donors (Lipinski definition) is 1. The monoisotopic (exact) mass is 620 g/mol. The highest BCUT2D eigenvalue weighted by atomic mass is 32.1. The molecule has 0 aliphatic carbocycles. The number of carbonyl (C=O) groups excluding carboxylic acids is 2. The molecule has 1 fully saturated rings. The van der Waals surface area contributed by atoms with E-state index in [9.17, 15) is 14.4 Å². The summed E-state index contributed by atoms with van der Waals surface area (Å²) in [7, 11) is 0. The zero-order chi connectivity index (χ0) is 31.5. The lowest BCUT2D eigenvalue weighted by Crippen LogP contribution is -2.40. The van der Waals surface area contributed by atoms with E-state index in [0.717, 1.165) is 37.1 Å². The molecule has 1 aromatic heterocycles. The van der Waals surface area contributed by atoms with Crippen LogP contribution in [0.4, 0.5) is 5.69 Å². The van der Waals surface area contributed by atoms with Crippen molar-refractivity contribution in [2.45, 2.75) is 45.6 Å². The lowest BCUT2D eigenvalue weighted by atomic mass is 9.93. The Balaban J connectivity index is 1.33. The number of aromatic nitrogens is 1. The first-order valence-electron chi connectivity index (χ1n) is 15.3. The topological polar surface area (TPSA) is 93.0 Å². The number of amides is 2. The summed E-state index contributed by atoms with van der Waals surface area (Å²) >= 11 is 1.30. The van der Waals surface area contributed by atoms with Gasteiger partial charge in [0.1, 0.15) is 5.75 Å². The number of nitrogens with zero attached hydrogens (tertiary/aromatic N) is 3. The fraction of sp³-hybridized carbons (Fsp3) is 0.278. The first kappa shape index (κ1) is 30.3. The molecular formula is C36H36N4O4S. The largest absolute Gasteiger partial charge is 0.484 e. The van der Waals surface area contributed by atoms with Crippen LogP contribution in [-0.2, 0) is 9.59 Å². The summed E-state index contributed by atoms with van der Waals surface area (Å²) in [6.07, 6.45) is 3.91. The van der Waals surface area contributed by atoms with Crippen LogP contribution in [0.15, 0.2) is 99.9 Å². The van der Waals surface area contributed by atoms with Crippen molar-refractivity contribution >= 4 is 34.9 Å². The third kappa shape index (κ3) is 6.54. The molecule has 9 heteroatoms. The molecule has 0 radical (unpaired) electrons. The number of thiazole rings is 1. The van der Waals surface area contributed by atoms with Gasteiger partial charge in [-0.1, -0.05) is 79.8 Å². The van der Waals surface area contributed by atoms with Crippen LogP contribution in [0.1, 0.15) is 62.3 Å². The molecule has 45 heavy (non-hydrogen) atoms. The average molecular weight is 621 g/mol. The molecule has 0 saturated carbocycles. The van der Waals surface area contributed by atoms with E-state index in [1.165, 1.54) is 16.9 Å². The van der Waals surface area contributed by atoms with E-state index in [0.29, 0.717) is 38.0 Å². The quantitative estimate of drug-likeness (QED) is 0.300. The minimum atomic E-state index is -0.641. The van der Waals surface area contributed by atoms with Crippen molar-refractivity contribution in [3.63, 3.8) is 0 Å². The van der Waals surface area contributed by atoms with Crippen LogP contribution in [-0.4, -0.2) is 41.0 Å². The number of nitrogens with one attached hydrogen (secondary N) is 1. The maximum Gasteiger partial charge on any atom is 0.271 e. The van der Waals surface area contributed by atoms with Crippen LogP contribution in [0.2, 0.25) is 0 Å². The molecule has 0 spiro atoms. The smallest absolute Gasteiger partial charge is 0.271 e. The van der Waals surface area contributed by atoms with Gasteiger partial charge in [0.05, 0.1) is 21.8 Å². The van der Waals surface area contributed by atoms with Gasteiger partial charge in [-0.3, -0.25) is 19.0 Å². The number of rotatable bonds is 8. The summed E-state index contributed by atoms with van der Waals surface area (Å²) in [5.41, 5.74) is 4.28. The van der Waals surface area contributed by atoms with Crippen LogP contribution >= 0.6 is 11.3 Å². The van der Waals surface area contributed by atoms with Crippen molar-refractivity contribution in [3.8, 4) is 5.75 Å². The SMILES string of the molecule is CC1=C(C(=O)Nc2ccccc2)[C@@H](c2ccc(C(C)C)cc2)n2c(s/c(=C/c3ccc(OCC(=O)N4CCCC4)cc3)c2=O)=N1. The van der Waals surface area contributed by atoms with E-state index < -0.39 is 6.04 Å². The van der Waals surface area contributed by atoms with Crippen LogP contribution in [0.25, 0.3) is 6.08 Å². The second-order valence-electron chi connectivity index (χ2n) is 11.7. The van der Waals surface area contributed by atoms with Crippen LogP contribution < -0.4 is 24.9 Å². The van der Waals surface area contributed by atoms with Gasteiger partial charge in [-0.25, -0.2) is 4.99 Å². The van der Waals surface area contributed by atoms with E-state index in [1.54, 1.807) is 16.7 Å². The second-order valence-corrected chi connectivity index (χ2v) is 12.7. The summed E-state index contributed by atoms with van der Waals surface area (Å²) in [6.45, 7) is 7.68. The Morgan fingerprint density at radius 2 is 1.69 bits per heavy atom. The average Bonchev–Trinajstić information content (AvgIpc) is 3.69. The van der Waals surface area contributed by atoms with Crippen molar-refractivity contribution in [1.82, 2.24) is 9.47 Å². The molecule has 0 unspecified atom stereocenters. The number of carbonyl (C=O) groups is 2. The number of benzene rings is 3. The van der Waals surface area contributed by atoms with E-state index in [-0.39, 0.29) is 24.0 Å². The van der Waals surface area contributed by atoms with E-state index >= 15 is 0 Å². The molecule has 1 saturated heterocycles. The van der Waals surface area contributed by atoms with Gasteiger partial charge < -0.3 is 15.0 Å². The molecule has 3 aromatic carbocycles. The Hall–Kier alpha value is -4.76. The number of ether oxygens (including phenoxy) is 1. The Morgan fingerprint density at radius 1 is 1.00 bits per heavy atom. The zero-order valence-electron chi connectivity index (χ0n) is 25.7. The predicted octanol–water partition coefficient (Wildman–Crippen LogP) is 5.00. The minimum absolute atomic E-state index is 0.00167. The van der Waals surface area contributed by atoms with Gasteiger partial charge in [0.2, 0.25) is 0 Å². The zero-order valence-corrected chi connectivity index (χ0v) is 26.5. The highest BCUT2D eigenvalue weighted by Crippen LogP contribution is 2.31. The first-order valence-corrected chi connectivity index (χ1v) is 16.1. The number of allylic oxidation sites excluding steroid dienone is 1. The molecule has 1 N–H and O–H groups in total. The summed E-state index contributed by atoms with van der Waals surface area (Å²) in [5.74, 6) is 0.642. The highest BCUT2D eigenvalue weighted by Gasteiger charge is 2.32. The van der Waals surface area contributed by atoms with E-state index in [4.69, 9.17) is 9.73 Å². The molecule has 4 aromatic rings. The second kappa shape index (κ2) is 13.1. The van der Waals surface area contributed by atoms with Gasteiger partial charge in [0, 0.05) is 18.8 Å². The third-order valence-corrected chi connectivity index (χ3v) is 9.20. The van der Waals surface area contributed by atoms with Crippen molar-refractivity contribution in [2.75, 3.05) is 25.0 Å². The third-order valence-electron chi connectivity index (χ3n) is 8.22. The van der Waals surface area contributed by atoms with E-state index in [1.807, 2.05) is 72.5 Å². The van der Waals surface area contributed by atoms with Crippen molar-refractivity contribution in [3.05, 3.63) is 127 Å². The van der Waals surface area contributed by atoms with Gasteiger partial charge in [-0.15, -0.1) is 0 Å². The number of hydrogen-bond acceptors (Lipinski definition) is 6. The number of fused-ring (bicyclic) bond motifs is 1. The molecular weight excluding hydrogens is 584 g/mol. The molecule has 230 valence electrons. The fourth-order valence-electron chi connectivity index (χ4n) is 5.72. The predicted molar refractivity (Wildman–Crippen MR) is 177 cm³/mol. The molecule has 1 atom stereocenters. The van der Waals surface area contributed by atoms with Crippen molar-refractivity contribution < 1.29 is 14.3 Å². The fourth-order valence-corrected chi connectivity index (χ4v) is 6.77. The number of anilines is 1. The summed E-state index contributed by atoms with van der Waals surface area (Å²) in [4.78, 5) is 47.3. The molecule has 2 aliphatic heterocycles. The van der Waals surface area contributed by atoms with Gasteiger partial charge in [-0.2, -0.15) is 0 Å². The van der Waals surface area contributed by atoms with Crippen molar-refractivity contribution in [2.24, 2.45) is 4.99 Å². The van der Waals surface area contributed by atoms with Crippen LogP contribution in [0.3, 0.4) is 0 Å². The van der Waals surface area contributed by atoms with Gasteiger partial charge in [0.15, 0.2) is 11.4 Å². The number of para-hydroxylation sites is 1. The van der Waals surface area contributed by atoms with Gasteiger partial charge in [0.25, 0.3) is 17.4 Å². The molecule has 8 nitrogen and oxygen atoms in total.